The lowest BCUT2D eigenvalue weighted by atomic mass is 9.83. The number of thioether (sulfide) groups is 1. The Morgan fingerprint density at radius 1 is 1.17 bits per heavy atom. The van der Waals surface area contributed by atoms with Crippen LogP contribution in [0.15, 0.2) is 52.5 Å². The van der Waals surface area contributed by atoms with Gasteiger partial charge in [0.25, 0.3) is 5.91 Å². The van der Waals surface area contributed by atoms with Crippen LogP contribution < -0.4 is 5.01 Å². The van der Waals surface area contributed by atoms with E-state index in [2.05, 4.69) is 11.2 Å². The fraction of sp³-hybridized carbons (Fsp3) is 0.176. The molecule has 0 aliphatic carbocycles. The Bertz CT molecular complexity index is 867. The fourth-order valence-corrected chi connectivity index (χ4v) is 4.37. The summed E-state index contributed by atoms with van der Waals surface area (Å²) >= 11 is 13.7. The van der Waals surface area contributed by atoms with Crippen molar-refractivity contribution in [2.75, 3.05) is 10.8 Å². The molecular weight excluding hydrogens is 351 g/mol. The molecule has 0 saturated carbocycles. The molecule has 4 rings (SSSR count). The zero-order valence-corrected chi connectivity index (χ0v) is 14.5. The van der Waals surface area contributed by atoms with E-state index in [4.69, 9.17) is 23.2 Å². The first kappa shape index (κ1) is 15.1. The molecule has 6 heteroatoms. The largest absolute Gasteiger partial charge is 0.271 e. The van der Waals surface area contributed by atoms with Crippen molar-refractivity contribution in [3.05, 3.63) is 58.1 Å². The Balaban J connectivity index is 1.85. The lowest BCUT2D eigenvalue weighted by molar-refractivity contribution is -0.122. The van der Waals surface area contributed by atoms with Crippen LogP contribution in [0, 0.1) is 5.41 Å². The van der Waals surface area contributed by atoms with E-state index >= 15 is 0 Å². The van der Waals surface area contributed by atoms with Crippen molar-refractivity contribution in [2.24, 2.45) is 10.5 Å². The number of hydrogen-bond donors (Lipinski definition) is 0. The van der Waals surface area contributed by atoms with Crippen LogP contribution >= 0.6 is 35.0 Å². The highest BCUT2D eigenvalue weighted by molar-refractivity contribution is 7.99. The highest BCUT2D eigenvalue weighted by atomic mass is 35.5. The molecular formula is C17H12Cl2N2OS. The summed E-state index contributed by atoms with van der Waals surface area (Å²) in [4.78, 5) is 14.1. The predicted octanol–water partition coefficient (Wildman–Crippen LogP) is 4.86. The van der Waals surface area contributed by atoms with Crippen LogP contribution in [0.25, 0.3) is 0 Å². The molecule has 116 valence electrons. The van der Waals surface area contributed by atoms with Gasteiger partial charge in [-0.25, -0.2) is 0 Å². The van der Waals surface area contributed by atoms with Crippen LogP contribution in [0.5, 0.6) is 0 Å². The van der Waals surface area contributed by atoms with Gasteiger partial charge >= 0.3 is 0 Å². The number of hydrazone groups is 1. The standard InChI is InChI=1S/C17H12Cl2N2OS/c1-17-9-23-14-5-3-2-4-11(14)15(17)20-21(16(17)22)10-6-7-12(18)13(19)8-10/h2-8H,9H2,1H3. The van der Waals surface area contributed by atoms with Crippen molar-refractivity contribution in [2.45, 2.75) is 11.8 Å². The smallest absolute Gasteiger partial charge is 0.260 e. The number of amides is 1. The Morgan fingerprint density at radius 2 is 1.96 bits per heavy atom. The highest BCUT2D eigenvalue weighted by Crippen LogP contribution is 2.45. The van der Waals surface area contributed by atoms with Gasteiger partial charge in [-0.2, -0.15) is 10.1 Å². The summed E-state index contributed by atoms with van der Waals surface area (Å²) in [6.07, 6.45) is 0. The van der Waals surface area contributed by atoms with Crippen LogP contribution in [0.4, 0.5) is 5.69 Å². The minimum atomic E-state index is -0.620. The molecule has 0 aromatic heterocycles. The first-order valence-electron chi connectivity index (χ1n) is 7.11. The number of carbonyl (C=O) groups excluding carboxylic acids is 1. The summed E-state index contributed by atoms with van der Waals surface area (Å²) < 4.78 is 0. The highest BCUT2D eigenvalue weighted by Gasteiger charge is 2.50. The van der Waals surface area contributed by atoms with Gasteiger partial charge in [0.15, 0.2) is 0 Å². The van der Waals surface area contributed by atoms with Gasteiger partial charge in [0.2, 0.25) is 0 Å². The second kappa shape index (κ2) is 5.26. The molecule has 2 aliphatic heterocycles. The average Bonchev–Trinajstić information content (AvgIpc) is 2.83. The van der Waals surface area contributed by atoms with E-state index in [9.17, 15) is 4.79 Å². The number of anilines is 1. The maximum atomic E-state index is 13.0. The van der Waals surface area contributed by atoms with Gasteiger partial charge in [0.1, 0.15) is 5.41 Å². The SMILES string of the molecule is CC12CSc3ccccc3C1=NN(c1ccc(Cl)c(Cl)c1)C2=O. The van der Waals surface area contributed by atoms with Crippen molar-refractivity contribution in [3.63, 3.8) is 0 Å². The summed E-state index contributed by atoms with van der Waals surface area (Å²) in [5.41, 5.74) is 1.87. The quantitative estimate of drug-likeness (QED) is 0.725. The van der Waals surface area contributed by atoms with E-state index in [0.29, 0.717) is 21.5 Å². The van der Waals surface area contributed by atoms with Crippen molar-refractivity contribution in [1.82, 2.24) is 0 Å². The average molecular weight is 363 g/mol. The molecule has 23 heavy (non-hydrogen) atoms. The Morgan fingerprint density at radius 3 is 2.74 bits per heavy atom. The molecule has 0 bridgehead atoms. The maximum absolute atomic E-state index is 13.0. The summed E-state index contributed by atoms with van der Waals surface area (Å²) in [5, 5.41) is 6.94. The molecule has 1 unspecified atom stereocenters. The molecule has 2 aromatic carbocycles. The monoisotopic (exact) mass is 362 g/mol. The van der Waals surface area contributed by atoms with E-state index in [1.165, 1.54) is 5.01 Å². The number of hydrogen-bond acceptors (Lipinski definition) is 3. The second-order valence-corrected chi connectivity index (χ2v) is 7.61. The number of carbonyl (C=O) groups is 1. The van der Waals surface area contributed by atoms with Gasteiger partial charge in [0.05, 0.1) is 21.4 Å². The first-order chi connectivity index (χ1) is 11.0. The molecule has 1 atom stereocenters. The van der Waals surface area contributed by atoms with E-state index in [-0.39, 0.29) is 5.91 Å². The molecule has 0 spiro atoms. The van der Waals surface area contributed by atoms with Crippen LogP contribution in [0.3, 0.4) is 0 Å². The summed E-state index contributed by atoms with van der Waals surface area (Å²) in [5.74, 6) is 0.646. The van der Waals surface area contributed by atoms with Crippen molar-refractivity contribution < 1.29 is 4.79 Å². The molecule has 0 radical (unpaired) electrons. The van der Waals surface area contributed by atoms with Crippen molar-refractivity contribution in [3.8, 4) is 0 Å². The number of rotatable bonds is 1. The predicted molar refractivity (Wildman–Crippen MR) is 95.8 cm³/mol. The van der Waals surface area contributed by atoms with Crippen LogP contribution in [-0.2, 0) is 4.79 Å². The third-order valence-electron chi connectivity index (χ3n) is 4.19. The van der Waals surface area contributed by atoms with Gasteiger partial charge in [-0.1, -0.05) is 41.4 Å². The molecule has 1 amide bonds. The van der Waals surface area contributed by atoms with Crippen molar-refractivity contribution >= 4 is 52.3 Å². The third kappa shape index (κ3) is 2.20. The van der Waals surface area contributed by atoms with Crippen LogP contribution in [0.2, 0.25) is 10.0 Å². The molecule has 0 fully saturated rings. The molecule has 3 nitrogen and oxygen atoms in total. The van der Waals surface area contributed by atoms with Gasteiger partial charge in [-0.15, -0.1) is 11.8 Å². The first-order valence-corrected chi connectivity index (χ1v) is 8.86. The molecule has 0 saturated heterocycles. The van der Waals surface area contributed by atoms with E-state index in [1.54, 1.807) is 30.0 Å². The number of halogens is 2. The third-order valence-corrected chi connectivity index (χ3v) is 6.32. The van der Waals surface area contributed by atoms with Gasteiger partial charge < -0.3 is 0 Å². The number of nitrogens with zero attached hydrogens (tertiary/aromatic N) is 2. The Labute approximate surface area is 148 Å². The Hall–Kier alpha value is -1.49. The topological polar surface area (TPSA) is 32.7 Å². The van der Waals surface area contributed by atoms with Gasteiger partial charge in [-0.05, 0) is 31.2 Å². The number of benzene rings is 2. The lowest BCUT2D eigenvalue weighted by Crippen LogP contribution is -2.41. The summed E-state index contributed by atoms with van der Waals surface area (Å²) in [6, 6.07) is 13.2. The van der Waals surface area contributed by atoms with Gasteiger partial charge in [0, 0.05) is 16.2 Å². The van der Waals surface area contributed by atoms with E-state index in [0.717, 1.165) is 16.2 Å². The fourth-order valence-electron chi connectivity index (χ4n) is 2.87. The maximum Gasteiger partial charge on any atom is 0.260 e. The zero-order chi connectivity index (χ0) is 16.2. The molecule has 2 aliphatic rings. The summed E-state index contributed by atoms with van der Waals surface area (Å²) in [7, 11) is 0. The van der Waals surface area contributed by atoms with E-state index < -0.39 is 5.41 Å². The van der Waals surface area contributed by atoms with Crippen LogP contribution in [0.1, 0.15) is 12.5 Å². The minimum absolute atomic E-state index is 0.0344. The van der Waals surface area contributed by atoms with Gasteiger partial charge in [-0.3, -0.25) is 4.79 Å². The van der Waals surface area contributed by atoms with Crippen molar-refractivity contribution in [1.29, 1.82) is 0 Å². The van der Waals surface area contributed by atoms with Crippen LogP contribution in [-0.4, -0.2) is 17.4 Å². The molecule has 0 N–H and O–H groups in total. The zero-order valence-electron chi connectivity index (χ0n) is 12.2. The lowest BCUT2D eigenvalue weighted by Gasteiger charge is -2.29. The normalized spacial score (nSPS) is 22.7. The molecule has 2 aromatic rings. The minimum Gasteiger partial charge on any atom is -0.271 e. The number of fused-ring (bicyclic) bond motifs is 3. The molecule has 2 heterocycles. The van der Waals surface area contributed by atoms with E-state index in [1.807, 2.05) is 25.1 Å². The Kier molecular flexibility index (Phi) is 3.45. The summed E-state index contributed by atoms with van der Waals surface area (Å²) in [6.45, 7) is 1.95. The second-order valence-electron chi connectivity index (χ2n) is 5.78.